The fourth-order valence-electron chi connectivity index (χ4n) is 2.41. The summed E-state index contributed by atoms with van der Waals surface area (Å²) >= 11 is 3.22. The Bertz CT molecular complexity index is 484. The highest BCUT2D eigenvalue weighted by atomic mass is 79.9. The molecule has 0 spiro atoms. The number of hydrogen-bond acceptors (Lipinski definition) is 3. The molecule has 19 heavy (non-hydrogen) atoms. The summed E-state index contributed by atoms with van der Waals surface area (Å²) in [6.45, 7) is 0.830. The van der Waals surface area contributed by atoms with Gasteiger partial charge in [0.1, 0.15) is 5.82 Å². The number of rotatable bonds is 4. The molecule has 2 atom stereocenters. The van der Waals surface area contributed by atoms with Crippen molar-refractivity contribution in [2.75, 3.05) is 20.3 Å². The van der Waals surface area contributed by atoms with Gasteiger partial charge in [-0.3, -0.25) is 4.79 Å². The summed E-state index contributed by atoms with van der Waals surface area (Å²) in [6.07, 6.45) is 0.240. The van der Waals surface area contributed by atoms with Crippen LogP contribution in [-0.4, -0.2) is 37.1 Å². The zero-order valence-electron chi connectivity index (χ0n) is 10.6. The fraction of sp³-hybridized carbons (Fsp3) is 0.462. The average molecular weight is 331 g/mol. The number of carbonyl (C=O) groups excluding carboxylic acids is 1. The first kappa shape index (κ1) is 14.4. The summed E-state index contributed by atoms with van der Waals surface area (Å²) in [5.41, 5.74) is 6.44. The summed E-state index contributed by atoms with van der Waals surface area (Å²) in [5.74, 6) is -0.413. The zero-order chi connectivity index (χ0) is 14.0. The van der Waals surface area contributed by atoms with E-state index in [4.69, 9.17) is 10.5 Å². The van der Waals surface area contributed by atoms with Gasteiger partial charge in [0, 0.05) is 36.2 Å². The molecule has 4 nitrogen and oxygen atoms in total. The van der Waals surface area contributed by atoms with Crippen LogP contribution in [0.15, 0.2) is 22.7 Å². The van der Waals surface area contributed by atoms with Crippen molar-refractivity contribution in [3.8, 4) is 0 Å². The molecule has 0 saturated carbocycles. The Hall–Kier alpha value is -0.980. The van der Waals surface area contributed by atoms with Crippen LogP contribution in [-0.2, 0) is 9.53 Å². The van der Waals surface area contributed by atoms with Crippen LogP contribution in [0.4, 0.5) is 4.39 Å². The first-order valence-electron chi connectivity index (χ1n) is 6.03. The van der Waals surface area contributed by atoms with Crippen LogP contribution in [0.25, 0.3) is 0 Å². The number of halogens is 2. The molecule has 0 bridgehead atoms. The van der Waals surface area contributed by atoms with Crippen LogP contribution < -0.4 is 5.73 Å². The second kappa shape index (κ2) is 5.98. The normalized spacial score (nSPS) is 23.2. The van der Waals surface area contributed by atoms with Crippen LogP contribution in [0, 0.1) is 5.82 Å². The van der Waals surface area contributed by atoms with Crippen molar-refractivity contribution in [3.05, 3.63) is 34.1 Å². The molecule has 2 unspecified atom stereocenters. The van der Waals surface area contributed by atoms with E-state index in [0.29, 0.717) is 23.2 Å². The molecule has 1 fully saturated rings. The summed E-state index contributed by atoms with van der Waals surface area (Å²) in [5, 5.41) is 0. The maximum atomic E-state index is 14.0. The summed E-state index contributed by atoms with van der Waals surface area (Å²) < 4.78 is 19.7. The SMILES string of the molecule is COCCN1C(=O)CC(N)C1c1ccc(Br)cc1F. The van der Waals surface area contributed by atoms with Gasteiger partial charge < -0.3 is 15.4 Å². The number of ether oxygens (including phenoxy) is 1. The molecular formula is C13H16BrFN2O2. The van der Waals surface area contributed by atoms with Gasteiger partial charge in [0.25, 0.3) is 0 Å². The van der Waals surface area contributed by atoms with E-state index in [-0.39, 0.29) is 24.2 Å². The minimum Gasteiger partial charge on any atom is -0.383 e. The molecule has 0 radical (unpaired) electrons. The van der Waals surface area contributed by atoms with Gasteiger partial charge in [0.15, 0.2) is 0 Å². The smallest absolute Gasteiger partial charge is 0.224 e. The molecule has 2 rings (SSSR count). The van der Waals surface area contributed by atoms with Crippen LogP contribution in [0.3, 0.4) is 0 Å². The van der Waals surface area contributed by atoms with Crippen LogP contribution in [0.1, 0.15) is 18.0 Å². The molecule has 0 aliphatic carbocycles. The molecule has 1 saturated heterocycles. The molecule has 1 aromatic carbocycles. The van der Waals surface area contributed by atoms with E-state index < -0.39 is 6.04 Å². The quantitative estimate of drug-likeness (QED) is 0.916. The molecule has 2 N–H and O–H groups in total. The van der Waals surface area contributed by atoms with E-state index in [1.807, 2.05) is 0 Å². The van der Waals surface area contributed by atoms with E-state index >= 15 is 0 Å². The van der Waals surface area contributed by atoms with Crippen LogP contribution >= 0.6 is 15.9 Å². The van der Waals surface area contributed by atoms with Gasteiger partial charge >= 0.3 is 0 Å². The lowest BCUT2D eigenvalue weighted by Gasteiger charge is -2.27. The molecule has 1 heterocycles. The molecule has 1 aliphatic rings. The predicted octanol–water partition coefficient (Wildman–Crippen LogP) is 1.84. The van der Waals surface area contributed by atoms with Crippen molar-refractivity contribution in [2.24, 2.45) is 5.73 Å². The van der Waals surface area contributed by atoms with E-state index in [9.17, 15) is 9.18 Å². The van der Waals surface area contributed by atoms with Gasteiger partial charge in [0.05, 0.1) is 12.6 Å². The number of nitrogens with two attached hydrogens (primary N) is 1. The number of likely N-dealkylation sites (tertiary alicyclic amines) is 1. The number of carbonyl (C=O) groups is 1. The molecule has 1 amide bonds. The number of benzene rings is 1. The highest BCUT2D eigenvalue weighted by Gasteiger charge is 2.39. The molecular weight excluding hydrogens is 315 g/mol. The number of amides is 1. The number of nitrogens with zero attached hydrogens (tertiary/aromatic N) is 1. The Balaban J connectivity index is 2.31. The Kier molecular flexibility index (Phi) is 4.54. The topological polar surface area (TPSA) is 55.6 Å². The van der Waals surface area contributed by atoms with Crippen molar-refractivity contribution >= 4 is 21.8 Å². The largest absolute Gasteiger partial charge is 0.383 e. The van der Waals surface area contributed by atoms with E-state index in [2.05, 4.69) is 15.9 Å². The third-order valence-corrected chi connectivity index (χ3v) is 3.78. The van der Waals surface area contributed by atoms with Crippen LogP contribution in [0.5, 0.6) is 0 Å². The Morgan fingerprint density at radius 3 is 2.95 bits per heavy atom. The minimum atomic E-state index is -0.421. The van der Waals surface area contributed by atoms with Crippen molar-refractivity contribution in [2.45, 2.75) is 18.5 Å². The van der Waals surface area contributed by atoms with E-state index in [1.165, 1.54) is 6.07 Å². The minimum absolute atomic E-state index is 0.0585. The van der Waals surface area contributed by atoms with Crippen molar-refractivity contribution < 1.29 is 13.9 Å². The summed E-state index contributed by atoms with van der Waals surface area (Å²) in [6, 6.07) is 4.00. The first-order valence-corrected chi connectivity index (χ1v) is 6.83. The van der Waals surface area contributed by atoms with Gasteiger partial charge in [-0.05, 0) is 12.1 Å². The summed E-state index contributed by atoms with van der Waals surface area (Å²) in [7, 11) is 1.57. The van der Waals surface area contributed by atoms with Gasteiger partial charge in [-0.15, -0.1) is 0 Å². The van der Waals surface area contributed by atoms with Crippen molar-refractivity contribution in [1.29, 1.82) is 0 Å². The molecule has 6 heteroatoms. The second-order valence-electron chi connectivity index (χ2n) is 4.56. The van der Waals surface area contributed by atoms with E-state index in [0.717, 1.165) is 0 Å². The first-order chi connectivity index (χ1) is 9.04. The standard InChI is InChI=1S/C13H16BrFN2O2/c1-19-5-4-17-12(18)7-11(16)13(17)9-3-2-8(14)6-10(9)15/h2-3,6,11,13H,4-5,7,16H2,1H3. The monoisotopic (exact) mass is 330 g/mol. The Labute approximate surface area is 119 Å². The van der Waals surface area contributed by atoms with Gasteiger partial charge in [-0.1, -0.05) is 22.0 Å². The third-order valence-electron chi connectivity index (χ3n) is 3.29. The zero-order valence-corrected chi connectivity index (χ0v) is 12.2. The van der Waals surface area contributed by atoms with Crippen molar-refractivity contribution in [3.63, 3.8) is 0 Å². The Morgan fingerprint density at radius 2 is 2.32 bits per heavy atom. The van der Waals surface area contributed by atoms with Crippen molar-refractivity contribution in [1.82, 2.24) is 4.90 Å². The van der Waals surface area contributed by atoms with E-state index in [1.54, 1.807) is 24.1 Å². The third kappa shape index (κ3) is 2.96. The molecule has 1 aromatic rings. The van der Waals surface area contributed by atoms with Gasteiger partial charge in [-0.2, -0.15) is 0 Å². The summed E-state index contributed by atoms with van der Waals surface area (Å²) in [4.78, 5) is 13.5. The molecule has 1 aliphatic heterocycles. The molecule has 104 valence electrons. The maximum absolute atomic E-state index is 14.0. The van der Waals surface area contributed by atoms with Gasteiger partial charge in [-0.25, -0.2) is 4.39 Å². The fourth-order valence-corrected chi connectivity index (χ4v) is 2.74. The lowest BCUT2D eigenvalue weighted by Crippen LogP contribution is -2.35. The second-order valence-corrected chi connectivity index (χ2v) is 5.47. The highest BCUT2D eigenvalue weighted by molar-refractivity contribution is 9.10. The number of methoxy groups -OCH3 is 1. The predicted molar refractivity (Wildman–Crippen MR) is 73.0 cm³/mol. The maximum Gasteiger partial charge on any atom is 0.224 e. The Morgan fingerprint density at radius 1 is 1.58 bits per heavy atom. The average Bonchev–Trinajstić information content (AvgIpc) is 2.62. The highest BCUT2D eigenvalue weighted by Crippen LogP contribution is 2.34. The lowest BCUT2D eigenvalue weighted by molar-refractivity contribution is -0.129. The number of hydrogen-bond donors (Lipinski definition) is 1. The van der Waals surface area contributed by atoms with Crippen LogP contribution in [0.2, 0.25) is 0 Å². The molecule has 0 aromatic heterocycles. The lowest BCUT2D eigenvalue weighted by atomic mass is 10.0. The van der Waals surface area contributed by atoms with Gasteiger partial charge in [0.2, 0.25) is 5.91 Å².